The number of nitrogens with zero attached hydrogens (tertiary/aromatic N) is 2. The lowest BCUT2D eigenvalue weighted by Crippen LogP contribution is -2.24. The highest BCUT2D eigenvalue weighted by Crippen LogP contribution is 2.33. The van der Waals surface area contributed by atoms with E-state index in [-0.39, 0.29) is 12.1 Å². The van der Waals surface area contributed by atoms with E-state index in [4.69, 9.17) is 4.74 Å². The van der Waals surface area contributed by atoms with Crippen LogP contribution in [0.4, 0.5) is 0 Å². The molecule has 0 spiro atoms. The Kier molecular flexibility index (Phi) is 3.57. The number of benzene rings is 1. The monoisotopic (exact) mass is 258 g/mol. The van der Waals surface area contributed by atoms with Crippen LogP contribution in [0.5, 0.6) is 0 Å². The first kappa shape index (κ1) is 12.3. The molecule has 2 N–H and O–H groups in total. The number of H-pyrrole nitrogens is 1. The first-order valence-electron chi connectivity index (χ1n) is 6.60. The molecule has 5 nitrogen and oxygen atoms in total. The van der Waals surface area contributed by atoms with Gasteiger partial charge in [0.1, 0.15) is 12.2 Å². The fraction of sp³-hybridized carbons (Fsp3) is 0.429. The van der Waals surface area contributed by atoms with Crippen molar-refractivity contribution in [1.82, 2.24) is 20.5 Å². The molecule has 2 unspecified atom stereocenters. The van der Waals surface area contributed by atoms with Crippen molar-refractivity contribution < 1.29 is 4.74 Å². The smallest absolute Gasteiger partial charge is 0.141 e. The highest BCUT2D eigenvalue weighted by Gasteiger charge is 2.25. The van der Waals surface area contributed by atoms with Crippen LogP contribution < -0.4 is 5.32 Å². The number of ether oxygens (including phenoxy) is 1. The summed E-state index contributed by atoms with van der Waals surface area (Å²) in [6.45, 7) is 0.786. The van der Waals surface area contributed by atoms with Crippen LogP contribution in [0, 0.1) is 0 Å². The summed E-state index contributed by atoms with van der Waals surface area (Å²) in [6, 6.07) is 8.63. The maximum absolute atomic E-state index is 5.93. The number of hydrogen-bond acceptors (Lipinski definition) is 4. The highest BCUT2D eigenvalue weighted by atomic mass is 16.5. The topological polar surface area (TPSA) is 62.8 Å². The molecule has 1 aromatic heterocycles. The number of nitrogens with one attached hydrogen (secondary N) is 2. The van der Waals surface area contributed by atoms with Crippen molar-refractivity contribution in [3.8, 4) is 0 Å². The van der Waals surface area contributed by atoms with E-state index in [0.717, 1.165) is 25.3 Å². The maximum atomic E-state index is 5.93. The summed E-state index contributed by atoms with van der Waals surface area (Å²) in [5.41, 5.74) is 2.69. The van der Waals surface area contributed by atoms with Gasteiger partial charge < -0.3 is 10.1 Å². The van der Waals surface area contributed by atoms with E-state index >= 15 is 0 Å². The van der Waals surface area contributed by atoms with Gasteiger partial charge in [0.05, 0.1) is 18.8 Å². The average molecular weight is 258 g/mol. The van der Waals surface area contributed by atoms with E-state index in [1.165, 1.54) is 17.5 Å². The van der Waals surface area contributed by atoms with Gasteiger partial charge in [0.2, 0.25) is 0 Å². The first-order chi connectivity index (χ1) is 9.38. The first-order valence-corrected chi connectivity index (χ1v) is 6.60. The van der Waals surface area contributed by atoms with E-state index in [2.05, 4.69) is 44.8 Å². The number of rotatable bonds is 4. The Morgan fingerprint density at radius 1 is 1.47 bits per heavy atom. The lowest BCUT2D eigenvalue weighted by Gasteiger charge is -2.28. The quantitative estimate of drug-likeness (QED) is 0.877. The van der Waals surface area contributed by atoms with Crippen molar-refractivity contribution in [2.75, 3.05) is 13.7 Å². The zero-order chi connectivity index (χ0) is 13.1. The second kappa shape index (κ2) is 5.50. The minimum absolute atomic E-state index is 0.118. The molecule has 5 heteroatoms. The Balaban J connectivity index is 1.80. The van der Waals surface area contributed by atoms with Gasteiger partial charge in [-0.3, -0.25) is 5.10 Å². The standard InChI is InChI=1S/C14H18N4O/c1-15-12(14-16-9-17-18-14)8-13-11-5-3-2-4-10(11)6-7-19-13/h2-5,9,12-13,15H,6-8H2,1H3,(H,16,17,18). The van der Waals surface area contributed by atoms with E-state index in [1.54, 1.807) is 0 Å². The molecular formula is C14H18N4O. The zero-order valence-corrected chi connectivity index (χ0v) is 11.0. The molecule has 1 aliphatic rings. The van der Waals surface area contributed by atoms with Crippen molar-refractivity contribution >= 4 is 0 Å². The number of fused-ring (bicyclic) bond motifs is 1. The molecule has 2 heterocycles. The van der Waals surface area contributed by atoms with Crippen LogP contribution in [0.25, 0.3) is 0 Å². The largest absolute Gasteiger partial charge is 0.373 e. The molecule has 0 fully saturated rings. The van der Waals surface area contributed by atoms with Crippen LogP contribution in [-0.2, 0) is 11.2 Å². The molecule has 3 rings (SSSR count). The highest BCUT2D eigenvalue weighted by molar-refractivity contribution is 5.31. The third kappa shape index (κ3) is 2.52. The van der Waals surface area contributed by atoms with Crippen LogP contribution in [0.2, 0.25) is 0 Å². The van der Waals surface area contributed by atoms with E-state index in [0.29, 0.717) is 0 Å². The minimum Gasteiger partial charge on any atom is -0.373 e. The van der Waals surface area contributed by atoms with E-state index in [9.17, 15) is 0 Å². The molecule has 100 valence electrons. The van der Waals surface area contributed by atoms with Crippen molar-refractivity contribution in [3.05, 3.63) is 47.5 Å². The lowest BCUT2D eigenvalue weighted by molar-refractivity contribution is 0.0292. The van der Waals surface area contributed by atoms with Crippen LogP contribution in [0.1, 0.15) is 35.5 Å². The van der Waals surface area contributed by atoms with Crippen molar-refractivity contribution in [2.45, 2.75) is 25.0 Å². The molecule has 0 radical (unpaired) electrons. The summed E-state index contributed by atoms with van der Waals surface area (Å²) in [4.78, 5) is 4.22. The molecule has 0 bridgehead atoms. The van der Waals surface area contributed by atoms with Gasteiger partial charge in [-0.2, -0.15) is 5.10 Å². The van der Waals surface area contributed by atoms with Gasteiger partial charge >= 0.3 is 0 Å². The van der Waals surface area contributed by atoms with E-state index < -0.39 is 0 Å². The van der Waals surface area contributed by atoms with Crippen LogP contribution in [0.15, 0.2) is 30.6 Å². The number of aromatic nitrogens is 3. The molecule has 0 saturated heterocycles. The van der Waals surface area contributed by atoms with Gasteiger partial charge in [-0.25, -0.2) is 4.98 Å². The Hall–Kier alpha value is -1.72. The molecule has 2 atom stereocenters. The van der Waals surface area contributed by atoms with Gasteiger partial charge in [-0.05, 0) is 24.6 Å². The average Bonchev–Trinajstić information content (AvgIpc) is 2.99. The summed E-state index contributed by atoms with van der Waals surface area (Å²) >= 11 is 0. The Bertz CT molecular complexity index is 526. The van der Waals surface area contributed by atoms with E-state index in [1.807, 2.05) is 7.05 Å². The molecule has 0 saturated carbocycles. The minimum atomic E-state index is 0.118. The molecular weight excluding hydrogens is 240 g/mol. The molecule has 0 amide bonds. The lowest BCUT2D eigenvalue weighted by atomic mass is 9.93. The van der Waals surface area contributed by atoms with Crippen LogP contribution in [0.3, 0.4) is 0 Å². The van der Waals surface area contributed by atoms with Gasteiger partial charge in [0, 0.05) is 6.42 Å². The molecule has 19 heavy (non-hydrogen) atoms. The maximum Gasteiger partial charge on any atom is 0.141 e. The molecule has 1 aliphatic heterocycles. The van der Waals surface area contributed by atoms with Crippen molar-refractivity contribution in [3.63, 3.8) is 0 Å². The predicted molar refractivity (Wildman–Crippen MR) is 71.6 cm³/mol. The summed E-state index contributed by atoms with van der Waals surface area (Å²) in [6.07, 6.45) is 3.50. The normalized spacial score (nSPS) is 19.9. The predicted octanol–water partition coefficient (Wildman–Crippen LogP) is 1.77. The second-order valence-corrected chi connectivity index (χ2v) is 4.76. The summed E-state index contributed by atoms with van der Waals surface area (Å²) in [7, 11) is 1.93. The van der Waals surface area contributed by atoms with Gasteiger partial charge in [-0.1, -0.05) is 24.3 Å². The zero-order valence-electron chi connectivity index (χ0n) is 11.0. The molecule has 2 aromatic rings. The SMILES string of the molecule is CNC(CC1OCCc2ccccc21)c1ncn[nH]1. The summed E-state index contributed by atoms with van der Waals surface area (Å²) in [5.74, 6) is 0.856. The van der Waals surface area contributed by atoms with Gasteiger partial charge in [0.15, 0.2) is 0 Å². The Morgan fingerprint density at radius 3 is 3.16 bits per heavy atom. The molecule has 1 aromatic carbocycles. The van der Waals surface area contributed by atoms with Crippen molar-refractivity contribution in [2.24, 2.45) is 0 Å². The summed E-state index contributed by atoms with van der Waals surface area (Å²) in [5, 5.41) is 10.1. The third-order valence-corrected chi connectivity index (χ3v) is 3.65. The van der Waals surface area contributed by atoms with Crippen LogP contribution >= 0.6 is 0 Å². The number of aromatic amines is 1. The molecule has 0 aliphatic carbocycles. The fourth-order valence-electron chi connectivity index (χ4n) is 2.64. The van der Waals surface area contributed by atoms with Gasteiger partial charge in [0.25, 0.3) is 0 Å². The van der Waals surface area contributed by atoms with Crippen LogP contribution in [-0.4, -0.2) is 28.8 Å². The second-order valence-electron chi connectivity index (χ2n) is 4.76. The number of hydrogen-bond donors (Lipinski definition) is 2. The summed E-state index contributed by atoms with van der Waals surface area (Å²) < 4.78 is 5.93. The fourth-order valence-corrected chi connectivity index (χ4v) is 2.64. The Morgan fingerprint density at radius 2 is 2.37 bits per heavy atom. The van der Waals surface area contributed by atoms with Crippen molar-refractivity contribution in [1.29, 1.82) is 0 Å². The Labute approximate surface area is 112 Å². The third-order valence-electron chi connectivity index (χ3n) is 3.65. The van der Waals surface area contributed by atoms with Gasteiger partial charge in [-0.15, -0.1) is 0 Å².